The normalized spacial score (nSPS) is 23.5. The lowest BCUT2D eigenvalue weighted by atomic mass is 9.97. The van der Waals surface area contributed by atoms with Gasteiger partial charge in [-0.25, -0.2) is 0 Å². The molecule has 0 saturated carbocycles. The Kier molecular flexibility index (Phi) is 2.91. The van der Waals surface area contributed by atoms with Gasteiger partial charge in [0.1, 0.15) is 0 Å². The van der Waals surface area contributed by atoms with Gasteiger partial charge in [-0.15, -0.1) is 0 Å². The Morgan fingerprint density at radius 1 is 1.47 bits per heavy atom. The van der Waals surface area contributed by atoms with Gasteiger partial charge in [-0.2, -0.15) is 0 Å². The molecule has 17 heavy (non-hydrogen) atoms. The number of fused-ring (bicyclic) bond motifs is 1. The topological polar surface area (TPSA) is 58.6 Å². The molecule has 92 valence electrons. The van der Waals surface area contributed by atoms with Gasteiger partial charge in [0.2, 0.25) is 0 Å². The first kappa shape index (κ1) is 12.0. The monoisotopic (exact) mass is 255 g/mol. The molecule has 0 radical (unpaired) electrons. The summed E-state index contributed by atoms with van der Waals surface area (Å²) in [5, 5.41) is 11.6. The molecule has 1 aliphatic heterocycles. The van der Waals surface area contributed by atoms with Crippen LogP contribution in [-0.2, 0) is 4.79 Å². The van der Waals surface area contributed by atoms with Gasteiger partial charge < -0.3 is 19.4 Å². The smallest absolute Gasteiger partial charge is 0.256 e. The summed E-state index contributed by atoms with van der Waals surface area (Å²) >= 11 is 5.83. The first-order valence-electron chi connectivity index (χ1n) is 5.34. The van der Waals surface area contributed by atoms with E-state index in [1.807, 2.05) is 0 Å². The van der Waals surface area contributed by atoms with Gasteiger partial charge in [0.15, 0.2) is 11.5 Å². The summed E-state index contributed by atoms with van der Waals surface area (Å²) in [6.45, 7) is 3.33. The van der Waals surface area contributed by atoms with Crippen molar-refractivity contribution in [1.29, 1.82) is 0 Å². The molecule has 0 bridgehead atoms. The minimum absolute atomic E-state index is 0.362. The fraction of sp³-hybridized carbons (Fsp3) is 0.417. The Morgan fingerprint density at radius 3 is 2.71 bits per heavy atom. The van der Waals surface area contributed by atoms with E-state index < -0.39 is 17.7 Å². The summed E-state index contributed by atoms with van der Waals surface area (Å²) in [5.74, 6) is -2.31. The van der Waals surface area contributed by atoms with Gasteiger partial charge >= 0.3 is 0 Å². The van der Waals surface area contributed by atoms with E-state index in [1.165, 1.54) is 0 Å². The number of halogens is 1. The summed E-state index contributed by atoms with van der Waals surface area (Å²) in [5.41, 5.74) is 0. The van der Waals surface area contributed by atoms with Gasteiger partial charge in [-0.1, -0.05) is 18.5 Å². The third-order valence-electron chi connectivity index (χ3n) is 2.86. The lowest BCUT2D eigenvalue weighted by molar-refractivity contribution is -0.321. The van der Waals surface area contributed by atoms with Crippen molar-refractivity contribution in [3.05, 3.63) is 23.2 Å². The average molecular weight is 256 g/mol. The van der Waals surface area contributed by atoms with Crippen molar-refractivity contribution < 1.29 is 19.4 Å². The molecule has 1 heterocycles. The van der Waals surface area contributed by atoms with Crippen LogP contribution in [0.4, 0.5) is 0 Å². The summed E-state index contributed by atoms with van der Waals surface area (Å²) in [6, 6.07) is 4.92. The maximum Gasteiger partial charge on any atom is 0.256 e. The third-order valence-corrected chi connectivity index (χ3v) is 3.09. The van der Waals surface area contributed by atoms with Crippen LogP contribution in [0.25, 0.3) is 0 Å². The predicted molar refractivity (Wildman–Crippen MR) is 59.9 cm³/mol. The lowest BCUT2D eigenvalue weighted by Gasteiger charge is -2.32. The fourth-order valence-corrected chi connectivity index (χ4v) is 2.16. The highest BCUT2D eigenvalue weighted by atomic mass is 35.5. The Balaban J connectivity index is 2.31. The SMILES string of the molecule is CCC(C(=O)[O-])C1(C)Oc2ccc(Cl)cc2O1. The molecule has 0 aromatic heterocycles. The molecule has 0 fully saturated rings. The molecule has 0 aliphatic carbocycles. The first-order valence-corrected chi connectivity index (χ1v) is 5.72. The molecule has 2 rings (SSSR count). The largest absolute Gasteiger partial charge is 0.550 e. The van der Waals surface area contributed by atoms with Crippen molar-refractivity contribution in [3.63, 3.8) is 0 Å². The van der Waals surface area contributed by atoms with Crippen LogP contribution in [0, 0.1) is 5.92 Å². The number of ether oxygens (including phenoxy) is 2. The van der Waals surface area contributed by atoms with Gasteiger partial charge in [-0.3, -0.25) is 0 Å². The summed E-state index contributed by atoms with van der Waals surface area (Å²) < 4.78 is 11.1. The van der Waals surface area contributed by atoms with Crippen LogP contribution >= 0.6 is 11.6 Å². The Bertz CT molecular complexity index is 460. The first-order chi connectivity index (χ1) is 7.96. The van der Waals surface area contributed by atoms with Crippen LogP contribution in [-0.4, -0.2) is 11.8 Å². The number of rotatable bonds is 3. The van der Waals surface area contributed by atoms with Crippen LogP contribution in [0.1, 0.15) is 20.3 Å². The van der Waals surface area contributed by atoms with Gasteiger partial charge in [0.05, 0.1) is 11.9 Å². The Hall–Kier alpha value is -1.42. The molecule has 1 aliphatic rings. The number of benzene rings is 1. The molecule has 0 saturated heterocycles. The second-order valence-corrected chi connectivity index (χ2v) is 4.53. The summed E-state index contributed by atoms with van der Waals surface area (Å²) in [4.78, 5) is 11.0. The lowest BCUT2D eigenvalue weighted by Crippen LogP contribution is -2.51. The zero-order valence-corrected chi connectivity index (χ0v) is 10.3. The summed E-state index contributed by atoms with van der Waals surface area (Å²) in [6.07, 6.45) is 0.362. The molecule has 0 spiro atoms. The van der Waals surface area contributed by atoms with Crippen LogP contribution in [0.15, 0.2) is 18.2 Å². The molecule has 1 aromatic carbocycles. The fourth-order valence-electron chi connectivity index (χ4n) is 2.00. The number of hydrogen-bond acceptors (Lipinski definition) is 4. The second kappa shape index (κ2) is 4.11. The summed E-state index contributed by atoms with van der Waals surface area (Å²) in [7, 11) is 0. The molecule has 2 unspecified atom stereocenters. The van der Waals surface area contributed by atoms with Gasteiger partial charge in [0.25, 0.3) is 5.79 Å². The number of aliphatic carboxylic acids is 1. The van der Waals surface area contributed by atoms with Gasteiger partial charge in [0, 0.05) is 18.0 Å². The predicted octanol–water partition coefficient (Wildman–Crippen LogP) is 1.60. The third kappa shape index (κ3) is 2.05. The quantitative estimate of drug-likeness (QED) is 0.823. The number of carboxylic acids is 1. The van der Waals surface area contributed by atoms with Crippen LogP contribution < -0.4 is 14.6 Å². The zero-order valence-electron chi connectivity index (χ0n) is 9.53. The van der Waals surface area contributed by atoms with Crippen molar-refractivity contribution in [2.45, 2.75) is 26.1 Å². The maximum atomic E-state index is 11.0. The van der Waals surface area contributed by atoms with Crippen LogP contribution in [0.3, 0.4) is 0 Å². The minimum atomic E-state index is -1.24. The highest BCUT2D eigenvalue weighted by molar-refractivity contribution is 6.30. The van der Waals surface area contributed by atoms with Crippen LogP contribution in [0.2, 0.25) is 5.02 Å². The number of carbonyl (C=O) groups is 1. The average Bonchev–Trinajstić information content (AvgIpc) is 2.54. The van der Waals surface area contributed by atoms with E-state index in [4.69, 9.17) is 21.1 Å². The molecule has 0 N–H and O–H groups in total. The Morgan fingerprint density at radius 2 is 2.12 bits per heavy atom. The molecule has 2 atom stereocenters. The number of hydrogen-bond donors (Lipinski definition) is 0. The van der Waals surface area contributed by atoms with E-state index in [2.05, 4.69) is 0 Å². The molecule has 0 amide bonds. The minimum Gasteiger partial charge on any atom is -0.550 e. The highest BCUT2D eigenvalue weighted by Gasteiger charge is 2.44. The standard InChI is InChI=1S/C12H13ClO4/c1-3-8(11(14)15)12(2)16-9-5-4-7(13)6-10(9)17-12/h4-6,8H,3H2,1-2H3,(H,14,15)/p-1. The number of carbonyl (C=O) groups excluding carboxylic acids is 1. The van der Waals surface area contributed by atoms with E-state index in [1.54, 1.807) is 32.0 Å². The molecular weight excluding hydrogens is 244 g/mol. The van der Waals surface area contributed by atoms with E-state index in [-0.39, 0.29) is 0 Å². The zero-order chi connectivity index (χ0) is 12.6. The van der Waals surface area contributed by atoms with Crippen molar-refractivity contribution in [2.24, 2.45) is 5.92 Å². The molecular formula is C12H12ClO4-. The molecule has 5 heteroatoms. The van der Waals surface area contributed by atoms with Crippen LogP contribution in [0.5, 0.6) is 11.5 Å². The van der Waals surface area contributed by atoms with Gasteiger partial charge in [-0.05, 0) is 18.6 Å². The van der Waals surface area contributed by atoms with E-state index in [9.17, 15) is 9.90 Å². The second-order valence-electron chi connectivity index (χ2n) is 4.09. The molecule has 1 aromatic rings. The van der Waals surface area contributed by atoms with E-state index in [0.29, 0.717) is 22.9 Å². The van der Waals surface area contributed by atoms with Crippen molar-refractivity contribution in [3.8, 4) is 11.5 Å². The highest BCUT2D eigenvalue weighted by Crippen LogP contribution is 2.44. The maximum absolute atomic E-state index is 11.0. The van der Waals surface area contributed by atoms with E-state index in [0.717, 1.165) is 0 Å². The molecule has 4 nitrogen and oxygen atoms in total. The van der Waals surface area contributed by atoms with Crippen molar-refractivity contribution in [2.75, 3.05) is 0 Å². The van der Waals surface area contributed by atoms with E-state index >= 15 is 0 Å². The van der Waals surface area contributed by atoms with Crippen molar-refractivity contribution in [1.82, 2.24) is 0 Å². The Labute approximate surface area is 104 Å². The number of carboxylic acid groups (broad SMARTS) is 1. The van der Waals surface area contributed by atoms with Crippen molar-refractivity contribution >= 4 is 17.6 Å².